The molecular formula is C49H59Si. The van der Waals surface area contributed by atoms with E-state index < -0.39 is 8.07 Å². The van der Waals surface area contributed by atoms with Crippen LogP contribution >= 0.6 is 0 Å². The summed E-state index contributed by atoms with van der Waals surface area (Å²) in [5, 5.41) is 4.54. The maximum atomic E-state index is 2.63. The molecule has 0 bridgehead atoms. The van der Waals surface area contributed by atoms with E-state index in [9.17, 15) is 0 Å². The summed E-state index contributed by atoms with van der Waals surface area (Å²) < 4.78 is 0. The number of benzene rings is 5. The van der Waals surface area contributed by atoms with E-state index in [0.717, 1.165) is 0 Å². The lowest BCUT2D eigenvalue weighted by Gasteiger charge is -2.42. The fourth-order valence-electron chi connectivity index (χ4n) is 8.03. The highest BCUT2D eigenvalue weighted by atomic mass is 28.3. The van der Waals surface area contributed by atoms with Gasteiger partial charge >= 0.3 is 0 Å². The van der Waals surface area contributed by atoms with E-state index >= 15 is 0 Å². The van der Waals surface area contributed by atoms with Crippen LogP contribution in [0.1, 0.15) is 163 Å². The Morgan fingerprint density at radius 1 is 0.300 bits per heavy atom. The molecule has 5 aromatic rings. The van der Waals surface area contributed by atoms with Crippen LogP contribution in [-0.2, 0) is 0 Å². The van der Waals surface area contributed by atoms with E-state index in [1.165, 1.54) is 71.2 Å². The van der Waals surface area contributed by atoms with Crippen LogP contribution in [0.2, 0.25) is 0 Å². The number of hydrogen-bond acceptors (Lipinski definition) is 0. The Morgan fingerprint density at radius 2 is 0.520 bits per heavy atom. The fourth-order valence-corrected chi connectivity index (χ4v) is 13.4. The molecule has 0 saturated heterocycles. The van der Waals surface area contributed by atoms with Gasteiger partial charge in [-0.1, -0.05) is 186 Å². The first-order chi connectivity index (χ1) is 23.7. The second-order valence-electron chi connectivity index (χ2n) is 16.8. The summed E-state index contributed by atoms with van der Waals surface area (Å²) >= 11 is 0. The van der Waals surface area contributed by atoms with E-state index in [0.29, 0.717) is 35.5 Å². The van der Waals surface area contributed by atoms with Gasteiger partial charge in [0.2, 0.25) is 0 Å². The van der Waals surface area contributed by atoms with Gasteiger partial charge < -0.3 is 0 Å². The van der Waals surface area contributed by atoms with Gasteiger partial charge in [-0.05, 0) is 107 Å². The smallest absolute Gasteiger partial charge is 0.0619 e. The maximum Gasteiger partial charge on any atom is 0.164 e. The summed E-state index contributed by atoms with van der Waals surface area (Å²) in [4.78, 5) is 0. The Balaban J connectivity index is 1.93. The highest BCUT2D eigenvalue weighted by Crippen LogP contribution is 2.48. The Hall–Kier alpha value is -3.68. The van der Waals surface area contributed by atoms with Crippen molar-refractivity contribution in [2.24, 2.45) is 0 Å². The molecule has 0 aliphatic heterocycles. The van der Waals surface area contributed by atoms with Crippen molar-refractivity contribution in [1.82, 2.24) is 0 Å². The molecular weight excluding hydrogens is 617 g/mol. The van der Waals surface area contributed by atoms with Crippen molar-refractivity contribution in [2.45, 2.75) is 119 Å². The van der Waals surface area contributed by atoms with Gasteiger partial charge in [0.1, 0.15) is 0 Å². The van der Waals surface area contributed by atoms with Gasteiger partial charge in [-0.3, -0.25) is 0 Å². The molecule has 0 fully saturated rings. The molecule has 0 saturated carbocycles. The van der Waals surface area contributed by atoms with Gasteiger partial charge in [-0.2, -0.15) is 0 Å². The summed E-state index contributed by atoms with van der Waals surface area (Å²) in [6.45, 7) is 28.4. The molecule has 0 N–H and O–H groups in total. The molecule has 1 aliphatic carbocycles. The minimum absolute atomic E-state index is 0.425. The first kappa shape index (κ1) is 36.1. The van der Waals surface area contributed by atoms with Crippen molar-refractivity contribution in [3.05, 3.63) is 153 Å². The minimum atomic E-state index is -3.04. The zero-order valence-electron chi connectivity index (χ0n) is 32.8. The third-order valence-corrected chi connectivity index (χ3v) is 16.0. The fraction of sp³-hybridized carbons (Fsp3) is 0.367. The predicted octanol–water partition coefficient (Wildman–Crippen LogP) is 12.1. The molecule has 0 unspecified atom stereocenters. The lowest BCUT2D eigenvalue weighted by atomic mass is 9.95. The summed E-state index contributed by atoms with van der Waals surface area (Å²) in [7, 11) is -3.04. The second-order valence-corrected chi connectivity index (χ2v) is 20.5. The maximum absolute atomic E-state index is 3.04. The van der Waals surface area contributed by atoms with E-state index in [2.05, 4.69) is 186 Å². The van der Waals surface area contributed by atoms with E-state index in [1.54, 1.807) is 5.54 Å². The largest absolute Gasteiger partial charge is 0.164 e. The lowest BCUT2D eigenvalue weighted by Crippen LogP contribution is -2.71. The van der Waals surface area contributed by atoms with Crippen LogP contribution in [0.4, 0.5) is 0 Å². The molecule has 0 spiro atoms. The Labute approximate surface area is 305 Å². The van der Waals surface area contributed by atoms with Gasteiger partial charge in [-0.25, -0.2) is 0 Å². The third kappa shape index (κ3) is 6.36. The van der Waals surface area contributed by atoms with Crippen LogP contribution < -0.4 is 15.6 Å². The Kier molecular flexibility index (Phi) is 10.2. The molecule has 0 amide bonds. The average molecular weight is 676 g/mol. The molecule has 0 nitrogen and oxygen atoms in total. The number of rotatable bonds is 10. The van der Waals surface area contributed by atoms with Crippen molar-refractivity contribution >= 4 is 23.6 Å². The monoisotopic (exact) mass is 675 g/mol. The van der Waals surface area contributed by atoms with Crippen LogP contribution in [0.15, 0.2) is 103 Å². The van der Waals surface area contributed by atoms with Gasteiger partial charge in [0.05, 0.1) is 0 Å². The van der Waals surface area contributed by atoms with Crippen molar-refractivity contribution in [2.75, 3.05) is 0 Å². The van der Waals surface area contributed by atoms with Gasteiger partial charge in [0, 0.05) is 5.54 Å². The Morgan fingerprint density at radius 3 is 0.740 bits per heavy atom. The molecule has 50 heavy (non-hydrogen) atoms. The summed E-state index contributed by atoms with van der Waals surface area (Å²) in [6.07, 6.45) is 0. The lowest BCUT2D eigenvalue weighted by molar-refractivity contribution is 0.834. The van der Waals surface area contributed by atoms with Gasteiger partial charge in [0.25, 0.3) is 0 Å². The minimum Gasteiger partial charge on any atom is -0.0619 e. The van der Waals surface area contributed by atoms with E-state index in [4.69, 9.17) is 0 Å². The molecule has 1 heteroatoms. The Bertz CT molecular complexity index is 1710. The van der Waals surface area contributed by atoms with Crippen LogP contribution in [0, 0.1) is 5.54 Å². The molecule has 0 heterocycles. The predicted molar refractivity (Wildman–Crippen MR) is 222 cm³/mol. The summed E-state index contributed by atoms with van der Waals surface area (Å²) in [5.74, 6) is 2.55. The second kappa shape index (κ2) is 14.1. The number of fused-ring (bicyclic) bond motifs is 3. The summed E-state index contributed by atoms with van der Waals surface area (Å²) in [5.41, 5.74) is 15.7. The van der Waals surface area contributed by atoms with Crippen LogP contribution in [0.25, 0.3) is 11.1 Å². The normalized spacial score (nSPS) is 13.4. The topological polar surface area (TPSA) is 0 Å². The van der Waals surface area contributed by atoms with Crippen molar-refractivity contribution in [1.29, 1.82) is 0 Å². The van der Waals surface area contributed by atoms with Crippen LogP contribution in [0.3, 0.4) is 0 Å². The molecule has 0 aromatic heterocycles. The molecule has 6 rings (SSSR count). The quantitative estimate of drug-likeness (QED) is 0.102. The average Bonchev–Trinajstić information content (AvgIpc) is 3.42. The summed E-state index contributed by atoms with van der Waals surface area (Å²) in [6, 6.07) is 41.8. The number of hydrogen-bond donors (Lipinski definition) is 0. The first-order valence-electron chi connectivity index (χ1n) is 19.3. The highest BCUT2D eigenvalue weighted by molar-refractivity contribution is 7.16. The van der Waals surface area contributed by atoms with Crippen molar-refractivity contribution in [3.63, 3.8) is 0 Å². The third-order valence-electron chi connectivity index (χ3n) is 11.3. The van der Waals surface area contributed by atoms with Gasteiger partial charge in [0.15, 0.2) is 8.07 Å². The van der Waals surface area contributed by atoms with Gasteiger partial charge in [-0.15, -0.1) is 0 Å². The van der Waals surface area contributed by atoms with E-state index in [1.807, 2.05) is 0 Å². The zero-order chi connectivity index (χ0) is 36.1. The van der Waals surface area contributed by atoms with Crippen molar-refractivity contribution in [3.8, 4) is 11.1 Å². The van der Waals surface area contributed by atoms with E-state index in [-0.39, 0.29) is 0 Å². The molecule has 5 aromatic carbocycles. The SMILES string of the molecule is CC(C)c1cc(C(C)C)cc([Si]([C]2c3ccccc3-c3ccccc32)(c2cc(C(C)C)cc(C(C)C)c2)c2cc(C(C)C)cc(C(C)C)c2)c1. The molecule has 259 valence electrons. The standard InChI is InChI=1S/C49H59Si/c1-30(2)36-21-37(31(3)4)25-42(24-36)50(43-26-38(32(5)6)22-39(27-43)33(7)8,44-28-40(34(9)10)23-41(29-44)35(11)12)49-47-19-15-13-17-45(47)46-18-14-16-20-48(46)49/h13-35H,1-12H3. The first-order valence-corrected chi connectivity index (χ1v) is 21.3. The van der Waals surface area contributed by atoms with Crippen molar-refractivity contribution < 1.29 is 0 Å². The molecule has 0 atom stereocenters. The van der Waals surface area contributed by atoms with Crippen LogP contribution in [-0.4, -0.2) is 8.07 Å². The molecule has 1 radical (unpaired) electrons. The van der Waals surface area contributed by atoms with Crippen LogP contribution in [0.5, 0.6) is 0 Å². The zero-order valence-corrected chi connectivity index (χ0v) is 33.8. The highest BCUT2D eigenvalue weighted by Gasteiger charge is 2.52. The molecule has 1 aliphatic rings.